The molecular formula is C10H9BrClFO. The van der Waals surface area contributed by atoms with Gasteiger partial charge >= 0.3 is 0 Å². The summed E-state index contributed by atoms with van der Waals surface area (Å²) >= 11 is 8.50. The quantitative estimate of drug-likeness (QED) is 0.605. The Morgan fingerprint density at radius 3 is 2.79 bits per heavy atom. The van der Waals surface area contributed by atoms with Crippen LogP contribution in [0.3, 0.4) is 0 Å². The zero-order valence-corrected chi connectivity index (χ0v) is 9.74. The van der Waals surface area contributed by atoms with E-state index in [1.807, 2.05) is 0 Å². The number of halogens is 3. The highest BCUT2D eigenvalue weighted by molar-refractivity contribution is 9.10. The topological polar surface area (TPSA) is 17.1 Å². The van der Waals surface area contributed by atoms with Crippen LogP contribution in [0.5, 0.6) is 0 Å². The number of carbonyl (C=O) groups is 1. The second-order valence-corrected chi connectivity index (χ2v) is 4.08. The molecule has 0 bridgehead atoms. The Kier molecular flexibility index (Phi) is 4.55. The molecule has 0 aliphatic heterocycles. The van der Waals surface area contributed by atoms with Crippen LogP contribution in [0.2, 0.25) is 0 Å². The summed E-state index contributed by atoms with van der Waals surface area (Å²) in [5, 5.41) is 0. The van der Waals surface area contributed by atoms with E-state index < -0.39 is 0 Å². The Morgan fingerprint density at radius 2 is 2.21 bits per heavy atom. The number of rotatable bonds is 4. The molecule has 1 aromatic carbocycles. The van der Waals surface area contributed by atoms with Gasteiger partial charge in [-0.05, 0) is 40.5 Å². The number of alkyl halides is 1. The van der Waals surface area contributed by atoms with E-state index in [0.717, 1.165) is 0 Å². The van der Waals surface area contributed by atoms with Gasteiger partial charge in [-0.1, -0.05) is 0 Å². The molecule has 0 unspecified atom stereocenters. The predicted octanol–water partition coefficient (Wildman–Crippen LogP) is 3.79. The highest BCUT2D eigenvalue weighted by atomic mass is 79.9. The Bertz CT molecular complexity index is 341. The molecule has 0 amide bonds. The molecule has 0 saturated heterocycles. The first-order valence-corrected chi connectivity index (χ1v) is 5.52. The molecule has 0 fully saturated rings. The van der Waals surface area contributed by atoms with Crippen LogP contribution in [-0.2, 0) is 0 Å². The molecule has 0 saturated carbocycles. The Hall–Kier alpha value is -0.410. The molecule has 0 radical (unpaired) electrons. The molecule has 1 rings (SSSR count). The average Bonchev–Trinajstić information content (AvgIpc) is 2.18. The van der Waals surface area contributed by atoms with Crippen molar-refractivity contribution in [3.8, 4) is 0 Å². The SMILES string of the molecule is O=C(CCCCl)c1ccc(F)c(Br)c1. The minimum atomic E-state index is -0.362. The highest BCUT2D eigenvalue weighted by Gasteiger charge is 2.07. The van der Waals surface area contributed by atoms with E-state index in [4.69, 9.17) is 11.6 Å². The third kappa shape index (κ3) is 3.07. The lowest BCUT2D eigenvalue weighted by Gasteiger charge is -2.00. The molecule has 0 spiro atoms. The van der Waals surface area contributed by atoms with Crippen LogP contribution in [-0.4, -0.2) is 11.7 Å². The highest BCUT2D eigenvalue weighted by Crippen LogP contribution is 2.18. The third-order valence-electron chi connectivity index (χ3n) is 1.78. The van der Waals surface area contributed by atoms with Crippen LogP contribution < -0.4 is 0 Å². The molecule has 4 heteroatoms. The summed E-state index contributed by atoms with van der Waals surface area (Å²) in [5.74, 6) is 0.0962. The lowest BCUT2D eigenvalue weighted by atomic mass is 10.1. The maximum atomic E-state index is 12.8. The Balaban J connectivity index is 2.76. The van der Waals surface area contributed by atoms with Crippen molar-refractivity contribution in [2.24, 2.45) is 0 Å². The van der Waals surface area contributed by atoms with Gasteiger partial charge in [-0.3, -0.25) is 4.79 Å². The van der Waals surface area contributed by atoms with Gasteiger partial charge in [0.2, 0.25) is 0 Å². The van der Waals surface area contributed by atoms with Gasteiger partial charge in [0.15, 0.2) is 5.78 Å². The summed E-state index contributed by atoms with van der Waals surface area (Å²) in [7, 11) is 0. The minimum Gasteiger partial charge on any atom is -0.294 e. The molecule has 1 aromatic rings. The van der Waals surface area contributed by atoms with Crippen molar-refractivity contribution in [2.75, 3.05) is 5.88 Å². The van der Waals surface area contributed by atoms with Crippen LogP contribution in [0.4, 0.5) is 4.39 Å². The van der Waals surface area contributed by atoms with E-state index in [-0.39, 0.29) is 11.6 Å². The van der Waals surface area contributed by atoms with Gasteiger partial charge in [-0.2, -0.15) is 0 Å². The monoisotopic (exact) mass is 278 g/mol. The fourth-order valence-corrected chi connectivity index (χ4v) is 1.55. The number of ketones is 1. The fourth-order valence-electron chi connectivity index (χ4n) is 1.04. The summed E-state index contributed by atoms with van der Waals surface area (Å²) in [6, 6.07) is 4.25. The molecule has 0 aliphatic carbocycles. The van der Waals surface area contributed by atoms with E-state index in [0.29, 0.717) is 28.8 Å². The second kappa shape index (κ2) is 5.47. The van der Waals surface area contributed by atoms with E-state index in [2.05, 4.69) is 15.9 Å². The van der Waals surface area contributed by atoms with Gasteiger partial charge in [-0.15, -0.1) is 11.6 Å². The van der Waals surface area contributed by atoms with E-state index in [9.17, 15) is 9.18 Å². The fraction of sp³-hybridized carbons (Fsp3) is 0.300. The molecule has 0 atom stereocenters. The molecule has 0 heterocycles. The Labute approximate surface area is 95.4 Å². The van der Waals surface area contributed by atoms with Gasteiger partial charge in [0.25, 0.3) is 0 Å². The normalized spacial score (nSPS) is 10.2. The van der Waals surface area contributed by atoms with Crippen molar-refractivity contribution in [1.82, 2.24) is 0 Å². The Morgan fingerprint density at radius 1 is 1.50 bits per heavy atom. The smallest absolute Gasteiger partial charge is 0.162 e. The molecule has 0 N–H and O–H groups in total. The van der Waals surface area contributed by atoms with Crippen molar-refractivity contribution < 1.29 is 9.18 Å². The lowest BCUT2D eigenvalue weighted by Crippen LogP contribution is -1.99. The van der Waals surface area contributed by atoms with Gasteiger partial charge in [0.1, 0.15) is 5.82 Å². The number of benzene rings is 1. The number of Topliss-reactive ketones (excluding diaryl/α,β-unsaturated/α-hetero) is 1. The van der Waals surface area contributed by atoms with Crippen LogP contribution in [0.15, 0.2) is 22.7 Å². The van der Waals surface area contributed by atoms with Crippen LogP contribution >= 0.6 is 27.5 Å². The number of hydrogen-bond acceptors (Lipinski definition) is 1. The molecule has 76 valence electrons. The van der Waals surface area contributed by atoms with Crippen molar-refractivity contribution in [2.45, 2.75) is 12.8 Å². The van der Waals surface area contributed by atoms with E-state index >= 15 is 0 Å². The molecule has 14 heavy (non-hydrogen) atoms. The zero-order chi connectivity index (χ0) is 10.6. The first kappa shape index (κ1) is 11.7. The van der Waals surface area contributed by atoms with Crippen molar-refractivity contribution in [1.29, 1.82) is 0 Å². The zero-order valence-electron chi connectivity index (χ0n) is 7.40. The summed E-state index contributed by atoms with van der Waals surface area (Å²) in [4.78, 5) is 11.5. The summed E-state index contributed by atoms with van der Waals surface area (Å²) < 4.78 is 13.1. The van der Waals surface area contributed by atoms with Crippen LogP contribution in [0.1, 0.15) is 23.2 Å². The maximum absolute atomic E-state index is 12.8. The first-order valence-electron chi connectivity index (χ1n) is 4.19. The summed E-state index contributed by atoms with van der Waals surface area (Å²) in [6.07, 6.45) is 1.05. The van der Waals surface area contributed by atoms with Crippen molar-refractivity contribution in [3.63, 3.8) is 0 Å². The van der Waals surface area contributed by atoms with Crippen molar-refractivity contribution >= 4 is 33.3 Å². The molecular weight excluding hydrogens is 270 g/mol. The molecule has 0 aromatic heterocycles. The maximum Gasteiger partial charge on any atom is 0.162 e. The average molecular weight is 280 g/mol. The van der Waals surface area contributed by atoms with E-state index in [1.54, 1.807) is 0 Å². The number of carbonyl (C=O) groups excluding carboxylic acids is 1. The summed E-state index contributed by atoms with van der Waals surface area (Å²) in [6.45, 7) is 0. The van der Waals surface area contributed by atoms with Gasteiger partial charge in [-0.25, -0.2) is 4.39 Å². The number of hydrogen-bond donors (Lipinski definition) is 0. The molecule has 0 aliphatic rings. The first-order chi connectivity index (χ1) is 6.65. The van der Waals surface area contributed by atoms with Crippen molar-refractivity contribution in [3.05, 3.63) is 34.1 Å². The molecule has 1 nitrogen and oxygen atoms in total. The van der Waals surface area contributed by atoms with Gasteiger partial charge in [0.05, 0.1) is 4.47 Å². The standard InChI is InChI=1S/C10H9BrClFO/c11-8-6-7(3-4-9(8)13)10(14)2-1-5-12/h3-4,6H,1-2,5H2. The predicted molar refractivity (Wildman–Crippen MR) is 58.4 cm³/mol. The summed E-state index contributed by atoms with van der Waals surface area (Å²) in [5.41, 5.74) is 0.517. The minimum absolute atomic E-state index is 0.00801. The lowest BCUT2D eigenvalue weighted by molar-refractivity contribution is 0.0982. The van der Waals surface area contributed by atoms with Crippen LogP contribution in [0, 0.1) is 5.82 Å². The third-order valence-corrected chi connectivity index (χ3v) is 2.65. The van der Waals surface area contributed by atoms with E-state index in [1.165, 1.54) is 18.2 Å². The second-order valence-electron chi connectivity index (χ2n) is 2.84. The van der Waals surface area contributed by atoms with Crippen LogP contribution in [0.25, 0.3) is 0 Å². The van der Waals surface area contributed by atoms with Gasteiger partial charge in [0, 0.05) is 17.9 Å². The van der Waals surface area contributed by atoms with Gasteiger partial charge < -0.3 is 0 Å². The largest absolute Gasteiger partial charge is 0.294 e.